The molecule has 0 aromatic rings. The predicted molar refractivity (Wildman–Crippen MR) is 70.1 cm³/mol. The quantitative estimate of drug-likeness (QED) is 0.819. The Balaban J connectivity index is 2.74. The number of carbonyl (C=O) groups is 2. The van der Waals surface area contributed by atoms with Crippen LogP contribution in [0.3, 0.4) is 0 Å². The molecule has 1 atom stereocenters. The molecule has 0 bridgehead atoms. The summed E-state index contributed by atoms with van der Waals surface area (Å²) in [5.41, 5.74) is 0.00787. The van der Waals surface area contributed by atoms with Crippen molar-refractivity contribution in [3.63, 3.8) is 0 Å². The van der Waals surface area contributed by atoms with Crippen LogP contribution in [0.15, 0.2) is 0 Å². The number of hydrogen-bond donors (Lipinski definition) is 1. The monoisotopic (exact) mass is 255 g/mol. The van der Waals surface area contributed by atoms with Gasteiger partial charge in [0.1, 0.15) is 0 Å². The summed E-state index contributed by atoms with van der Waals surface area (Å²) in [7, 11) is 0. The molecule has 4 nitrogen and oxygen atoms in total. The zero-order chi connectivity index (χ0) is 14.3. The third-order valence-corrected chi connectivity index (χ3v) is 4.88. The van der Waals surface area contributed by atoms with Crippen molar-refractivity contribution < 1.29 is 14.7 Å². The Hall–Kier alpha value is -1.06. The fourth-order valence-electron chi connectivity index (χ4n) is 2.78. The van der Waals surface area contributed by atoms with Crippen LogP contribution in [0.4, 0.5) is 0 Å². The van der Waals surface area contributed by atoms with Crippen molar-refractivity contribution in [1.82, 2.24) is 4.90 Å². The Morgan fingerprint density at radius 2 is 1.67 bits per heavy atom. The Kier molecular flexibility index (Phi) is 3.80. The standard InChI is InChI=1S/C14H25NO3/c1-7-15(8-9(2)12(17)18)11(16)10-13(3,4)14(10,5)6/h9-10H,7-8H2,1-6H3,(H,17,18). The first kappa shape index (κ1) is 15.0. The van der Waals surface area contributed by atoms with Crippen LogP contribution in [0.5, 0.6) is 0 Å². The van der Waals surface area contributed by atoms with Crippen LogP contribution in [0, 0.1) is 22.7 Å². The highest BCUT2D eigenvalue weighted by atomic mass is 16.4. The van der Waals surface area contributed by atoms with Crippen LogP contribution in [0.1, 0.15) is 41.5 Å². The maximum Gasteiger partial charge on any atom is 0.308 e. The van der Waals surface area contributed by atoms with Gasteiger partial charge in [0.25, 0.3) is 0 Å². The second-order valence-electron chi connectivity index (χ2n) is 6.49. The minimum atomic E-state index is -0.851. The molecule has 0 saturated heterocycles. The lowest BCUT2D eigenvalue weighted by Gasteiger charge is -2.24. The summed E-state index contributed by atoms with van der Waals surface area (Å²) in [6.07, 6.45) is 0. The van der Waals surface area contributed by atoms with E-state index in [0.29, 0.717) is 13.1 Å². The molecule has 0 heterocycles. The topological polar surface area (TPSA) is 57.6 Å². The molecule has 0 aromatic carbocycles. The molecule has 1 unspecified atom stereocenters. The number of carboxylic acid groups (broad SMARTS) is 1. The second-order valence-corrected chi connectivity index (χ2v) is 6.49. The van der Waals surface area contributed by atoms with Crippen LogP contribution in [-0.2, 0) is 9.59 Å². The summed E-state index contributed by atoms with van der Waals surface area (Å²) in [6.45, 7) is 12.8. The van der Waals surface area contributed by atoms with Crippen molar-refractivity contribution in [2.75, 3.05) is 13.1 Å². The summed E-state index contributed by atoms with van der Waals surface area (Å²) in [5, 5.41) is 8.93. The van der Waals surface area contributed by atoms with E-state index < -0.39 is 11.9 Å². The molecule has 0 aromatic heterocycles. The number of aliphatic carboxylic acids is 1. The number of nitrogens with zero attached hydrogens (tertiary/aromatic N) is 1. The summed E-state index contributed by atoms with van der Waals surface area (Å²) in [4.78, 5) is 25.0. The third kappa shape index (κ3) is 2.25. The van der Waals surface area contributed by atoms with Crippen LogP contribution >= 0.6 is 0 Å². The summed E-state index contributed by atoms with van der Waals surface area (Å²) >= 11 is 0. The number of carbonyl (C=O) groups excluding carboxylic acids is 1. The Bertz CT molecular complexity index is 346. The molecule has 0 spiro atoms. The molecular weight excluding hydrogens is 230 g/mol. The Labute approximate surface area is 109 Å². The van der Waals surface area contributed by atoms with Gasteiger partial charge in [0.15, 0.2) is 0 Å². The van der Waals surface area contributed by atoms with Gasteiger partial charge in [0.05, 0.1) is 5.92 Å². The van der Waals surface area contributed by atoms with Gasteiger partial charge in [-0.15, -0.1) is 0 Å². The summed E-state index contributed by atoms with van der Waals surface area (Å²) < 4.78 is 0. The predicted octanol–water partition coefficient (Wildman–Crippen LogP) is 2.24. The number of amides is 1. The molecule has 18 heavy (non-hydrogen) atoms. The van der Waals surface area contributed by atoms with E-state index >= 15 is 0 Å². The Morgan fingerprint density at radius 1 is 1.22 bits per heavy atom. The molecule has 1 N–H and O–H groups in total. The molecule has 0 radical (unpaired) electrons. The van der Waals surface area contributed by atoms with Gasteiger partial charge < -0.3 is 10.0 Å². The molecule has 1 aliphatic carbocycles. The first-order valence-corrected chi connectivity index (χ1v) is 6.59. The van der Waals surface area contributed by atoms with E-state index in [-0.39, 0.29) is 22.7 Å². The van der Waals surface area contributed by atoms with Gasteiger partial charge >= 0.3 is 5.97 Å². The molecule has 1 saturated carbocycles. The van der Waals surface area contributed by atoms with Gasteiger partial charge in [0, 0.05) is 19.0 Å². The molecule has 4 heteroatoms. The van der Waals surface area contributed by atoms with Crippen molar-refractivity contribution in [2.45, 2.75) is 41.5 Å². The minimum absolute atomic E-state index is 0.00393. The van der Waals surface area contributed by atoms with Gasteiger partial charge in [0.2, 0.25) is 5.91 Å². The van der Waals surface area contributed by atoms with E-state index in [1.165, 1.54) is 0 Å². The van der Waals surface area contributed by atoms with Crippen LogP contribution < -0.4 is 0 Å². The zero-order valence-electron chi connectivity index (χ0n) is 12.3. The highest BCUT2D eigenvalue weighted by molar-refractivity contribution is 5.84. The lowest BCUT2D eigenvalue weighted by molar-refractivity contribution is -0.143. The van der Waals surface area contributed by atoms with Gasteiger partial charge in [-0.3, -0.25) is 9.59 Å². The molecular formula is C14H25NO3. The molecule has 1 fully saturated rings. The van der Waals surface area contributed by atoms with Crippen molar-refractivity contribution >= 4 is 11.9 Å². The molecule has 1 amide bonds. The van der Waals surface area contributed by atoms with E-state index in [1.54, 1.807) is 11.8 Å². The first-order chi connectivity index (χ1) is 8.07. The average Bonchev–Trinajstić information content (AvgIpc) is 2.64. The molecule has 0 aliphatic heterocycles. The minimum Gasteiger partial charge on any atom is -0.481 e. The van der Waals surface area contributed by atoms with Crippen molar-refractivity contribution in [2.24, 2.45) is 22.7 Å². The lowest BCUT2D eigenvalue weighted by atomic mass is 10.0. The SMILES string of the molecule is CCN(CC(C)C(=O)O)C(=O)C1C(C)(C)C1(C)C. The van der Waals surface area contributed by atoms with E-state index in [9.17, 15) is 9.59 Å². The van der Waals surface area contributed by atoms with Crippen molar-refractivity contribution in [1.29, 1.82) is 0 Å². The maximum atomic E-state index is 12.5. The second kappa shape index (κ2) is 4.56. The van der Waals surface area contributed by atoms with Crippen LogP contribution in [0.2, 0.25) is 0 Å². The van der Waals surface area contributed by atoms with E-state index in [0.717, 1.165) is 0 Å². The van der Waals surface area contributed by atoms with Gasteiger partial charge in [-0.1, -0.05) is 34.6 Å². The highest BCUT2D eigenvalue weighted by Gasteiger charge is 2.68. The highest BCUT2D eigenvalue weighted by Crippen LogP contribution is 2.68. The molecule has 1 rings (SSSR count). The largest absolute Gasteiger partial charge is 0.481 e. The third-order valence-electron chi connectivity index (χ3n) is 4.88. The van der Waals surface area contributed by atoms with Crippen LogP contribution in [0.25, 0.3) is 0 Å². The van der Waals surface area contributed by atoms with E-state index in [4.69, 9.17) is 5.11 Å². The summed E-state index contributed by atoms with van der Waals surface area (Å²) in [5.74, 6) is -1.26. The smallest absolute Gasteiger partial charge is 0.308 e. The average molecular weight is 255 g/mol. The van der Waals surface area contributed by atoms with Gasteiger partial charge in [-0.25, -0.2) is 0 Å². The number of rotatable bonds is 5. The summed E-state index contributed by atoms with van der Waals surface area (Å²) in [6, 6.07) is 0. The number of carboxylic acids is 1. The first-order valence-electron chi connectivity index (χ1n) is 6.59. The Morgan fingerprint density at radius 3 is 1.94 bits per heavy atom. The van der Waals surface area contributed by atoms with Gasteiger partial charge in [-0.05, 0) is 17.8 Å². The fraction of sp³-hybridized carbons (Fsp3) is 0.857. The molecule has 1 aliphatic rings. The number of hydrogen-bond acceptors (Lipinski definition) is 2. The fourth-order valence-corrected chi connectivity index (χ4v) is 2.78. The maximum absolute atomic E-state index is 12.5. The van der Waals surface area contributed by atoms with Gasteiger partial charge in [-0.2, -0.15) is 0 Å². The normalized spacial score (nSPS) is 22.3. The van der Waals surface area contributed by atoms with Crippen LogP contribution in [-0.4, -0.2) is 35.0 Å². The zero-order valence-corrected chi connectivity index (χ0v) is 12.3. The van der Waals surface area contributed by atoms with Crippen molar-refractivity contribution in [3.05, 3.63) is 0 Å². The van der Waals surface area contributed by atoms with Crippen molar-refractivity contribution in [3.8, 4) is 0 Å². The van der Waals surface area contributed by atoms with E-state index in [1.807, 2.05) is 6.92 Å². The lowest BCUT2D eigenvalue weighted by Crippen LogP contribution is -2.38. The van der Waals surface area contributed by atoms with E-state index in [2.05, 4.69) is 27.7 Å². The molecule has 104 valence electrons.